The molecule has 0 saturated carbocycles. The van der Waals surface area contributed by atoms with Crippen molar-refractivity contribution in [1.82, 2.24) is 9.55 Å². The lowest BCUT2D eigenvalue weighted by atomic mass is 10.2. The van der Waals surface area contributed by atoms with Crippen LogP contribution in [0.1, 0.15) is 32.9 Å². The molecular weight excluding hydrogens is 312 g/mol. The van der Waals surface area contributed by atoms with Crippen LogP contribution < -0.4 is 5.56 Å². The van der Waals surface area contributed by atoms with Crippen LogP contribution in [0, 0.1) is 0 Å². The van der Waals surface area contributed by atoms with Crippen molar-refractivity contribution in [3.8, 4) is 5.69 Å². The highest BCUT2D eigenvalue weighted by molar-refractivity contribution is 8.00. The fraction of sp³-hybridized carbons (Fsp3) is 0.412. The van der Waals surface area contributed by atoms with Gasteiger partial charge < -0.3 is 0 Å². The van der Waals surface area contributed by atoms with Gasteiger partial charge >= 0.3 is 0 Å². The molecule has 5 heteroatoms. The Balaban J connectivity index is 2.18. The molecule has 2 atom stereocenters. The molecule has 1 aliphatic rings. The minimum atomic E-state index is 0.0800. The molecule has 0 fully saturated rings. The van der Waals surface area contributed by atoms with Gasteiger partial charge in [0, 0.05) is 16.9 Å². The Morgan fingerprint density at radius 2 is 2.14 bits per heavy atom. The molecule has 22 heavy (non-hydrogen) atoms. The van der Waals surface area contributed by atoms with Crippen LogP contribution in [0.25, 0.3) is 5.69 Å². The summed E-state index contributed by atoms with van der Waals surface area (Å²) in [6, 6.07) is 9.83. The van der Waals surface area contributed by atoms with Crippen LogP contribution >= 0.6 is 23.5 Å². The van der Waals surface area contributed by atoms with Gasteiger partial charge in [0.05, 0.1) is 16.3 Å². The highest BCUT2D eigenvalue weighted by Gasteiger charge is 2.27. The van der Waals surface area contributed by atoms with Gasteiger partial charge in [-0.15, -0.1) is 11.8 Å². The summed E-state index contributed by atoms with van der Waals surface area (Å²) < 4.78 is 1.78. The van der Waals surface area contributed by atoms with Crippen LogP contribution in [0.5, 0.6) is 0 Å². The molecule has 1 aliphatic heterocycles. The number of hydrogen-bond acceptors (Lipinski definition) is 4. The van der Waals surface area contributed by atoms with Crippen molar-refractivity contribution >= 4 is 23.5 Å². The molecule has 0 amide bonds. The second kappa shape index (κ2) is 6.50. The minimum absolute atomic E-state index is 0.0800. The Hall–Kier alpha value is -1.20. The molecule has 0 unspecified atom stereocenters. The average Bonchev–Trinajstić information content (AvgIpc) is 2.89. The summed E-state index contributed by atoms with van der Waals surface area (Å²) in [5, 5.41) is 1.69. The maximum atomic E-state index is 13.0. The number of para-hydroxylation sites is 1. The third-order valence-corrected chi connectivity index (χ3v) is 6.21. The summed E-state index contributed by atoms with van der Waals surface area (Å²) in [4.78, 5) is 18.6. The van der Waals surface area contributed by atoms with Gasteiger partial charge in [-0.25, -0.2) is 4.98 Å². The summed E-state index contributed by atoms with van der Waals surface area (Å²) in [5.74, 6) is 0. The summed E-state index contributed by atoms with van der Waals surface area (Å²) >= 11 is 3.34. The van der Waals surface area contributed by atoms with Crippen molar-refractivity contribution in [1.29, 1.82) is 0 Å². The third-order valence-electron chi connectivity index (χ3n) is 3.78. The van der Waals surface area contributed by atoms with Crippen LogP contribution in [-0.4, -0.2) is 20.1 Å². The van der Waals surface area contributed by atoms with Crippen LogP contribution in [-0.2, 0) is 6.42 Å². The van der Waals surface area contributed by atoms with Gasteiger partial charge in [0.1, 0.15) is 0 Å². The summed E-state index contributed by atoms with van der Waals surface area (Å²) in [7, 11) is 0. The number of nitrogens with zero attached hydrogens (tertiary/aromatic N) is 2. The molecule has 2 aromatic rings. The molecule has 0 saturated heterocycles. The zero-order valence-electron chi connectivity index (χ0n) is 13.1. The second-order valence-corrected chi connectivity index (χ2v) is 8.47. The van der Waals surface area contributed by atoms with E-state index in [1.165, 1.54) is 0 Å². The molecule has 0 radical (unpaired) electrons. The normalized spacial score (nSPS) is 18.2. The Kier molecular flexibility index (Phi) is 4.64. The van der Waals surface area contributed by atoms with Crippen molar-refractivity contribution < 1.29 is 0 Å². The molecule has 0 N–H and O–H groups in total. The molecular formula is C17H20N2OS2. The maximum Gasteiger partial charge on any atom is 0.272 e. The standard InChI is InChI=1S/C17H20N2OS2/c1-4-11(2)22-17-18-14-10-12(3)21-15(14)16(20)19(17)13-8-6-5-7-9-13/h5-9,11-12H,4,10H2,1-3H3/t11-,12+/m0/s1. The second-order valence-electron chi connectivity index (χ2n) is 5.62. The molecule has 1 aromatic heterocycles. The molecule has 0 bridgehead atoms. The smallest absolute Gasteiger partial charge is 0.268 e. The van der Waals surface area contributed by atoms with Crippen molar-refractivity contribution in [2.75, 3.05) is 0 Å². The van der Waals surface area contributed by atoms with Crippen LogP contribution in [0.2, 0.25) is 0 Å². The Bertz CT molecular complexity index is 727. The number of rotatable bonds is 4. The highest BCUT2D eigenvalue weighted by atomic mass is 32.2. The predicted molar refractivity (Wildman–Crippen MR) is 94.5 cm³/mol. The Morgan fingerprint density at radius 1 is 1.41 bits per heavy atom. The minimum Gasteiger partial charge on any atom is -0.268 e. The van der Waals surface area contributed by atoms with E-state index in [0.717, 1.165) is 34.3 Å². The van der Waals surface area contributed by atoms with Gasteiger partial charge in [-0.1, -0.05) is 50.7 Å². The quantitative estimate of drug-likeness (QED) is 0.622. The van der Waals surface area contributed by atoms with E-state index in [-0.39, 0.29) is 5.56 Å². The third kappa shape index (κ3) is 2.97. The summed E-state index contributed by atoms with van der Waals surface area (Å²) in [6.07, 6.45) is 1.94. The van der Waals surface area contributed by atoms with Crippen LogP contribution in [0.15, 0.2) is 45.2 Å². The fourth-order valence-electron chi connectivity index (χ4n) is 2.45. The first-order valence-electron chi connectivity index (χ1n) is 7.64. The van der Waals surface area contributed by atoms with E-state index in [4.69, 9.17) is 4.98 Å². The number of benzene rings is 1. The molecule has 116 valence electrons. The number of fused-ring (bicyclic) bond motifs is 1. The van der Waals surface area contributed by atoms with Crippen molar-refractivity contribution in [2.45, 2.75) is 54.2 Å². The fourth-order valence-corrected chi connectivity index (χ4v) is 4.53. The zero-order chi connectivity index (χ0) is 15.7. The zero-order valence-corrected chi connectivity index (χ0v) is 14.7. The molecule has 3 nitrogen and oxygen atoms in total. The first kappa shape index (κ1) is 15.7. The maximum absolute atomic E-state index is 13.0. The van der Waals surface area contributed by atoms with E-state index < -0.39 is 0 Å². The van der Waals surface area contributed by atoms with Gasteiger partial charge in [0.2, 0.25) is 0 Å². The van der Waals surface area contributed by atoms with Crippen LogP contribution in [0.4, 0.5) is 0 Å². The van der Waals surface area contributed by atoms with Gasteiger partial charge in [-0.05, 0) is 18.6 Å². The predicted octanol–water partition coefficient (Wildman–Crippen LogP) is 4.16. The van der Waals surface area contributed by atoms with Crippen molar-refractivity contribution in [3.05, 3.63) is 46.4 Å². The largest absolute Gasteiger partial charge is 0.272 e. The first-order chi connectivity index (χ1) is 10.6. The molecule has 1 aromatic carbocycles. The van der Waals surface area contributed by atoms with Crippen molar-refractivity contribution in [2.24, 2.45) is 0 Å². The Morgan fingerprint density at radius 3 is 2.82 bits per heavy atom. The topological polar surface area (TPSA) is 34.9 Å². The molecule has 2 heterocycles. The lowest BCUT2D eigenvalue weighted by Gasteiger charge is -2.15. The van der Waals surface area contributed by atoms with E-state index in [1.807, 2.05) is 30.3 Å². The molecule has 0 aliphatic carbocycles. The Labute approximate surface area is 139 Å². The van der Waals surface area contributed by atoms with Gasteiger partial charge in [-0.2, -0.15) is 0 Å². The van der Waals surface area contributed by atoms with E-state index in [0.29, 0.717) is 10.5 Å². The van der Waals surface area contributed by atoms with Gasteiger partial charge in [0.25, 0.3) is 5.56 Å². The lowest BCUT2D eigenvalue weighted by Crippen LogP contribution is -2.24. The van der Waals surface area contributed by atoms with E-state index in [2.05, 4.69) is 20.8 Å². The van der Waals surface area contributed by atoms with Gasteiger partial charge in [-0.3, -0.25) is 9.36 Å². The van der Waals surface area contributed by atoms with E-state index in [1.54, 1.807) is 28.1 Å². The monoisotopic (exact) mass is 332 g/mol. The van der Waals surface area contributed by atoms with Crippen molar-refractivity contribution in [3.63, 3.8) is 0 Å². The van der Waals surface area contributed by atoms with Crippen LogP contribution in [0.3, 0.4) is 0 Å². The summed E-state index contributed by atoms with van der Waals surface area (Å²) in [6.45, 7) is 6.49. The first-order valence-corrected chi connectivity index (χ1v) is 9.40. The lowest BCUT2D eigenvalue weighted by molar-refractivity contribution is 0.726. The molecule has 0 spiro atoms. The summed E-state index contributed by atoms with van der Waals surface area (Å²) in [5.41, 5.74) is 1.95. The van der Waals surface area contributed by atoms with E-state index in [9.17, 15) is 4.79 Å². The number of hydrogen-bond donors (Lipinski definition) is 0. The molecule has 3 rings (SSSR count). The highest BCUT2D eigenvalue weighted by Crippen LogP contribution is 2.35. The number of aromatic nitrogens is 2. The number of thioether (sulfide) groups is 2. The van der Waals surface area contributed by atoms with E-state index >= 15 is 0 Å². The SMILES string of the molecule is CC[C@H](C)Sc1nc2c(c(=O)n1-c1ccccc1)S[C@H](C)C2. The average molecular weight is 332 g/mol. The van der Waals surface area contributed by atoms with Gasteiger partial charge in [0.15, 0.2) is 5.16 Å².